The standard InChI is InChI=1S/C17H19FN2O2/c1-17(2,3)16(21)20-11-12-8-9-19-15(10-12)22-14-6-4-13(18)5-7-14/h4-10H,11H2,1-3H3,(H,20,21). The van der Waals surface area contributed by atoms with Crippen molar-refractivity contribution < 1.29 is 13.9 Å². The minimum absolute atomic E-state index is 0.0229. The van der Waals surface area contributed by atoms with Crippen LogP contribution in [0.15, 0.2) is 42.6 Å². The van der Waals surface area contributed by atoms with Crippen LogP contribution in [0.4, 0.5) is 4.39 Å². The van der Waals surface area contributed by atoms with Crippen molar-refractivity contribution in [1.29, 1.82) is 0 Å². The first kappa shape index (κ1) is 15.9. The highest BCUT2D eigenvalue weighted by molar-refractivity contribution is 5.81. The van der Waals surface area contributed by atoms with Crippen molar-refractivity contribution in [2.45, 2.75) is 27.3 Å². The summed E-state index contributed by atoms with van der Waals surface area (Å²) in [5.41, 5.74) is 0.449. The van der Waals surface area contributed by atoms with Crippen LogP contribution in [0.3, 0.4) is 0 Å². The molecule has 2 rings (SSSR count). The molecule has 0 bridgehead atoms. The molecule has 1 amide bonds. The summed E-state index contributed by atoms with van der Waals surface area (Å²) in [5.74, 6) is 0.558. The molecular formula is C17H19FN2O2. The molecule has 0 aliphatic heterocycles. The Bertz CT molecular complexity index is 648. The summed E-state index contributed by atoms with van der Waals surface area (Å²) in [6.07, 6.45) is 1.61. The largest absolute Gasteiger partial charge is 0.439 e. The van der Waals surface area contributed by atoms with Crippen LogP contribution in [-0.2, 0) is 11.3 Å². The predicted octanol–water partition coefficient (Wildman–Crippen LogP) is 3.68. The Morgan fingerprint density at radius 2 is 1.91 bits per heavy atom. The zero-order chi connectivity index (χ0) is 16.2. The van der Waals surface area contributed by atoms with E-state index in [1.54, 1.807) is 18.3 Å². The molecule has 1 N–H and O–H groups in total. The highest BCUT2D eigenvalue weighted by Crippen LogP contribution is 2.20. The Morgan fingerprint density at radius 3 is 2.55 bits per heavy atom. The van der Waals surface area contributed by atoms with Crippen LogP contribution in [0.5, 0.6) is 11.6 Å². The minimum atomic E-state index is -0.430. The second-order valence-electron chi connectivity index (χ2n) is 5.99. The number of ether oxygens (including phenoxy) is 1. The van der Waals surface area contributed by atoms with Crippen LogP contribution in [0.1, 0.15) is 26.3 Å². The van der Waals surface area contributed by atoms with E-state index in [9.17, 15) is 9.18 Å². The lowest BCUT2D eigenvalue weighted by atomic mass is 9.95. The molecule has 0 atom stereocenters. The number of hydrogen-bond acceptors (Lipinski definition) is 3. The summed E-state index contributed by atoms with van der Waals surface area (Å²) in [5, 5.41) is 2.87. The molecule has 0 radical (unpaired) electrons. The van der Waals surface area contributed by atoms with E-state index >= 15 is 0 Å². The molecule has 0 saturated heterocycles. The van der Waals surface area contributed by atoms with Crippen molar-refractivity contribution in [2.24, 2.45) is 5.41 Å². The van der Waals surface area contributed by atoms with E-state index in [2.05, 4.69) is 10.3 Å². The van der Waals surface area contributed by atoms with E-state index in [1.165, 1.54) is 24.3 Å². The van der Waals surface area contributed by atoms with Gasteiger partial charge in [0.15, 0.2) is 0 Å². The average Bonchev–Trinajstić information content (AvgIpc) is 2.46. The van der Waals surface area contributed by atoms with Crippen molar-refractivity contribution in [1.82, 2.24) is 10.3 Å². The van der Waals surface area contributed by atoms with Crippen LogP contribution >= 0.6 is 0 Å². The first-order valence-electron chi connectivity index (χ1n) is 7.01. The number of nitrogens with one attached hydrogen (secondary N) is 1. The van der Waals surface area contributed by atoms with Gasteiger partial charge in [-0.3, -0.25) is 4.79 Å². The Hall–Kier alpha value is -2.43. The van der Waals surface area contributed by atoms with Gasteiger partial charge in [0.25, 0.3) is 0 Å². The molecule has 0 unspecified atom stereocenters. The normalized spacial score (nSPS) is 11.1. The molecule has 0 aliphatic rings. The number of pyridine rings is 1. The van der Waals surface area contributed by atoms with Crippen molar-refractivity contribution >= 4 is 5.91 Å². The molecule has 116 valence electrons. The zero-order valence-electron chi connectivity index (χ0n) is 12.9. The van der Waals surface area contributed by atoms with Crippen molar-refractivity contribution in [3.63, 3.8) is 0 Å². The fraction of sp³-hybridized carbons (Fsp3) is 0.294. The SMILES string of the molecule is CC(C)(C)C(=O)NCc1ccnc(Oc2ccc(F)cc2)c1. The molecule has 0 aliphatic carbocycles. The average molecular weight is 302 g/mol. The van der Waals surface area contributed by atoms with Crippen LogP contribution in [0.2, 0.25) is 0 Å². The van der Waals surface area contributed by atoms with Gasteiger partial charge in [-0.1, -0.05) is 20.8 Å². The van der Waals surface area contributed by atoms with Crippen molar-refractivity contribution in [2.75, 3.05) is 0 Å². The molecule has 2 aromatic rings. The van der Waals surface area contributed by atoms with Gasteiger partial charge >= 0.3 is 0 Å². The summed E-state index contributed by atoms with van der Waals surface area (Å²) >= 11 is 0. The Morgan fingerprint density at radius 1 is 1.23 bits per heavy atom. The summed E-state index contributed by atoms with van der Waals surface area (Å²) in [6.45, 7) is 5.98. The number of amides is 1. The third-order valence-electron chi connectivity index (χ3n) is 2.97. The van der Waals surface area contributed by atoms with E-state index in [1.807, 2.05) is 20.8 Å². The maximum absolute atomic E-state index is 12.9. The maximum atomic E-state index is 12.9. The molecule has 22 heavy (non-hydrogen) atoms. The fourth-order valence-corrected chi connectivity index (χ4v) is 1.69. The van der Waals surface area contributed by atoms with E-state index < -0.39 is 5.41 Å². The van der Waals surface area contributed by atoms with E-state index in [0.717, 1.165) is 5.56 Å². The van der Waals surface area contributed by atoms with Crippen LogP contribution in [0, 0.1) is 11.2 Å². The molecule has 4 nitrogen and oxygen atoms in total. The Kier molecular flexibility index (Phi) is 4.75. The number of benzene rings is 1. The van der Waals surface area contributed by atoms with E-state index in [4.69, 9.17) is 4.74 Å². The quantitative estimate of drug-likeness (QED) is 0.937. The molecule has 0 spiro atoms. The molecule has 0 fully saturated rings. The number of aromatic nitrogens is 1. The lowest BCUT2D eigenvalue weighted by Crippen LogP contribution is -2.34. The molecule has 1 aromatic heterocycles. The lowest BCUT2D eigenvalue weighted by molar-refractivity contribution is -0.128. The second kappa shape index (κ2) is 6.56. The van der Waals surface area contributed by atoms with Crippen molar-refractivity contribution in [3.05, 3.63) is 54.0 Å². The molecule has 5 heteroatoms. The third-order valence-corrected chi connectivity index (χ3v) is 2.97. The Balaban J connectivity index is 2.01. The zero-order valence-corrected chi connectivity index (χ0v) is 12.9. The van der Waals surface area contributed by atoms with Gasteiger partial charge in [-0.2, -0.15) is 0 Å². The highest BCUT2D eigenvalue weighted by atomic mass is 19.1. The van der Waals surface area contributed by atoms with Gasteiger partial charge in [-0.25, -0.2) is 9.37 Å². The van der Waals surface area contributed by atoms with Crippen LogP contribution < -0.4 is 10.1 Å². The van der Waals surface area contributed by atoms with Gasteiger partial charge in [0, 0.05) is 24.2 Å². The lowest BCUT2D eigenvalue weighted by Gasteiger charge is -2.17. The number of carbonyl (C=O) groups excluding carboxylic acids is 1. The number of nitrogens with zero attached hydrogens (tertiary/aromatic N) is 1. The van der Waals surface area contributed by atoms with E-state index in [0.29, 0.717) is 18.2 Å². The first-order chi connectivity index (χ1) is 10.3. The summed E-state index contributed by atoms with van der Waals surface area (Å²) in [6, 6.07) is 9.26. The van der Waals surface area contributed by atoms with Crippen molar-refractivity contribution in [3.8, 4) is 11.6 Å². The van der Waals surface area contributed by atoms with Gasteiger partial charge in [0.2, 0.25) is 11.8 Å². The van der Waals surface area contributed by atoms with Gasteiger partial charge < -0.3 is 10.1 Å². The molecule has 1 heterocycles. The molecular weight excluding hydrogens is 283 g/mol. The number of halogens is 1. The van der Waals surface area contributed by atoms with Gasteiger partial charge in [-0.15, -0.1) is 0 Å². The topological polar surface area (TPSA) is 51.2 Å². The fourth-order valence-electron chi connectivity index (χ4n) is 1.69. The highest BCUT2D eigenvalue weighted by Gasteiger charge is 2.20. The third kappa shape index (κ3) is 4.55. The van der Waals surface area contributed by atoms with Gasteiger partial charge in [0.05, 0.1) is 0 Å². The second-order valence-corrected chi connectivity index (χ2v) is 5.99. The first-order valence-corrected chi connectivity index (χ1v) is 7.01. The number of hydrogen-bond donors (Lipinski definition) is 1. The summed E-state index contributed by atoms with van der Waals surface area (Å²) in [7, 11) is 0. The van der Waals surface area contributed by atoms with Gasteiger partial charge in [0.1, 0.15) is 11.6 Å². The predicted molar refractivity (Wildman–Crippen MR) is 82.0 cm³/mol. The van der Waals surface area contributed by atoms with Crippen LogP contribution in [0.25, 0.3) is 0 Å². The molecule has 0 saturated carbocycles. The van der Waals surface area contributed by atoms with Crippen LogP contribution in [-0.4, -0.2) is 10.9 Å². The summed E-state index contributed by atoms with van der Waals surface area (Å²) < 4.78 is 18.4. The monoisotopic (exact) mass is 302 g/mol. The molecule has 1 aromatic carbocycles. The maximum Gasteiger partial charge on any atom is 0.225 e. The number of rotatable bonds is 4. The smallest absolute Gasteiger partial charge is 0.225 e. The number of carbonyl (C=O) groups is 1. The van der Waals surface area contributed by atoms with Gasteiger partial charge in [-0.05, 0) is 35.9 Å². The summed E-state index contributed by atoms with van der Waals surface area (Å²) in [4.78, 5) is 16.0. The minimum Gasteiger partial charge on any atom is -0.439 e. The Labute approximate surface area is 129 Å². The van der Waals surface area contributed by atoms with E-state index in [-0.39, 0.29) is 11.7 Å².